The molecular weight excluding hydrogens is 198 g/mol. The Morgan fingerprint density at radius 3 is 2.07 bits per heavy atom. The first-order chi connectivity index (χ1) is 6.58. The van der Waals surface area contributed by atoms with Gasteiger partial charge in [-0.1, -0.05) is 32.0 Å². The van der Waals surface area contributed by atoms with Crippen molar-refractivity contribution in [3.63, 3.8) is 0 Å². The van der Waals surface area contributed by atoms with Gasteiger partial charge in [-0.05, 0) is 25.6 Å². The van der Waals surface area contributed by atoms with Crippen LogP contribution in [-0.4, -0.2) is 15.5 Å². The lowest BCUT2D eigenvalue weighted by molar-refractivity contribution is 0.587. The molecular formula is C10H17NO2S. The Morgan fingerprint density at radius 1 is 1.14 bits per heavy atom. The quantitative estimate of drug-likeness (QED) is 0.819. The van der Waals surface area contributed by atoms with E-state index in [1.807, 2.05) is 19.9 Å². The fourth-order valence-electron chi connectivity index (χ4n) is 0.968. The molecule has 0 aliphatic carbocycles. The Bertz CT molecular complexity index is 371. The Balaban J connectivity index is 0.000000791. The third-order valence-corrected chi connectivity index (χ3v) is 3.23. The van der Waals surface area contributed by atoms with Crippen molar-refractivity contribution < 1.29 is 8.42 Å². The summed E-state index contributed by atoms with van der Waals surface area (Å²) in [6, 6.07) is 6.87. The minimum atomic E-state index is -3.28. The van der Waals surface area contributed by atoms with Gasteiger partial charge >= 0.3 is 0 Å². The van der Waals surface area contributed by atoms with E-state index < -0.39 is 10.0 Å². The zero-order valence-corrected chi connectivity index (χ0v) is 9.85. The smallest absolute Gasteiger partial charge is 0.214 e. The molecule has 1 N–H and O–H groups in total. The first-order valence-corrected chi connectivity index (χ1v) is 6.05. The van der Waals surface area contributed by atoms with Crippen molar-refractivity contribution in [2.45, 2.75) is 25.7 Å². The highest BCUT2D eigenvalue weighted by molar-refractivity contribution is 7.89. The molecule has 1 rings (SSSR count). The molecule has 0 aliphatic heterocycles. The third kappa shape index (κ3) is 3.12. The van der Waals surface area contributed by atoms with Crippen molar-refractivity contribution in [3.05, 3.63) is 29.8 Å². The fraction of sp³-hybridized carbons (Fsp3) is 0.400. The molecule has 1 aromatic rings. The number of hydrogen-bond acceptors (Lipinski definition) is 2. The van der Waals surface area contributed by atoms with Crippen molar-refractivity contribution in [2.75, 3.05) is 7.05 Å². The largest absolute Gasteiger partial charge is 0.240 e. The molecule has 0 amide bonds. The molecule has 0 saturated carbocycles. The summed E-state index contributed by atoms with van der Waals surface area (Å²) in [5, 5.41) is 0. The lowest BCUT2D eigenvalue weighted by atomic mass is 10.2. The third-order valence-electron chi connectivity index (χ3n) is 1.65. The van der Waals surface area contributed by atoms with E-state index in [9.17, 15) is 8.42 Å². The van der Waals surface area contributed by atoms with Gasteiger partial charge in [-0.2, -0.15) is 0 Å². The van der Waals surface area contributed by atoms with Gasteiger partial charge in [0.1, 0.15) is 0 Å². The van der Waals surface area contributed by atoms with E-state index in [1.54, 1.807) is 25.1 Å². The van der Waals surface area contributed by atoms with Crippen LogP contribution >= 0.6 is 0 Å². The number of rotatable bonds is 2. The molecule has 0 aliphatic rings. The normalized spacial score (nSPS) is 10.3. The van der Waals surface area contributed by atoms with Crippen LogP contribution in [0.2, 0.25) is 0 Å². The highest BCUT2D eigenvalue weighted by Gasteiger charge is 2.12. The summed E-state index contributed by atoms with van der Waals surface area (Å²) in [6.45, 7) is 5.77. The molecule has 0 heterocycles. The SMILES string of the molecule is CC.CNS(=O)(=O)c1ccccc1C. The van der Waals surface area contributed by atoms with Crippen LogP contribution in [0, 0.1) is 6.92 Å². The summed E-state index contributed by atoms with van der Waals surface area (Å²) >= 11 is 0. The first-order valence-electron chi connectivity index (χ1n) is 4.57. The van der Waals surface area contributed by atoms with Gasteiger partial charge in [0.2, 0.25) is 10.0 Å². The van der Waals surface area contributed by atoms with E-state index in [4.69, 9.17) is 0 Å². The van der Waals surface area contributed by atoms with E-state index in [0.717, 1.165) is 5.56 Å². The molecule has 3 nitrogen and oxygen atoms in total. The lowest BCUT2D eigenvalue weighted by Crippen LogP contribution is -2.19. The van der Waals surface area contributed by atoms with Crippen molar-refractivity contribution in [1.82, 2.24) is 4.72 Å². The van der Waals surface area contributed by atoms with Gasteiger partial charge in [-0.15, -0.1) is 0 Å². The van der Waals surface area contributed by atoms with Gasteiger partial charge in [0.25, 0.3) is 0 Å². The zero-order chi connectivity index (χ0) is 11.2. The van der Waals surface area contributed by atoms with Crippen LogP contribution in [0.5, 0.6) is 0 Å². The molecule has 0 radical (unpaired) electrons. The molecule has 4 heteroatoms. The van der Waals surface area contributed by atoms with E-state index in [-0.39, 0.29) is 0 Å². The summed E-state index contributed by atoms with van der Waals surface area (Å²) < 4.78 is 24.9. The van der Waals surface area contributed by atoms with Crippen LogP contribution in [0.4, 0.5) is 0 Å². The average molecular weight is 215 g/mol. The predicted molar refractivity (Wildman–Crippen MR) is 58.8 cm³/mol. The number of aryl methyl sites for hydroxylation is 1. The molecule has 0 spiro atoms. The standard InChI is InChI=1S/C8H11NO2S.C2H6/c1-7-5-3-4-6-8(7)12(10,11)9-2;1-2/h3-6,9H,1-2H3;1-2H3. The summed E-state index contributed by atoms with van der Waals surface area (Å²) in [7, 11) is -1.87. The van der Waals surface area contributed by atoms with Crippen molar-refractivity contribution in [2.24, 2.45) is 0 Å². The van der Waals surface area contributed by atoms with Crippen LogP contribution in [-0.2, 0) is 10.0 Å². The first kappa shape index (κ1) is 13.1. The number of nitrogens with one attached hydrogen (secondary N) is 1. The van der Waals surface area contributed by atoms with Crippen molar-refractivity contribution >= 4 is 10.0 Å². The Hall–Kier alpha value is -0.870. The summed E-state index contributed by atoms with van der Waals surface area (Å²) in [5.41, 5.74) is 0.756. The summed E-state index contributed by atoms with van der Waals surface area (Å²) in [6.07, 6.45) is 0. The molecule has 0 unspecified atom stereocenters. The monoisotopic (exact) mass is 215 g/mol. The Morgan fingerprint density at radius 2 is 1.64 bits per heavy atom. The van der Waals surface area contributed by atoms with E-state index in [0.29, 0.717) is 4.90 Å². The van der Waals surface area contributed by atoms with E-state index in [2.05, 4.69) is 4.72 Å². The second kappa shape index (κ2) is 5.78. The maximum absolute atomic E-state index is 11.3. The van der Waals surface area contributed by atoms with Crippen LogP contribution in [0.25, 0.3) is 0 Å². The van der Waals surface area contributed by atoms with Gasteiger partial charge in [-0.3, -0.25) is 0 Å². The van der Waals surface area contributed by atoms with Crippen LogP contribution in [0.1, 0.15) is 19.4 Å². The number of hydrogen-bond donors (Lipinski definition) is 1. The zero-order valence-electron chi connectivity index (χ0n) is 9.03. The highest BCUT2D eigenvalue weighted by atomic mass is 32.2. The van der Waals surface area contributed by atoms with E-state index >= 15 is 0 Å². The van der Waals surface area contributed by atoms with Crippen molar-refractivity contribution in [1.29, 1.82) is 0 Å². The number of sulfonamides is 1. The minimum absolute atomic E-state index is 0.340. The number of benzene rings is 1. The summed E-state index contributed by atoms with van der Waals surface area (Å²) in [4.78, 5) is 0.340. The van der Waals surface area contributed by atoms with Gasteiger partial charge < -0.3 is 0 Å². The highest BCUT2D eigenvalue weighted by Crippen LogP contribution is 2.12. The van der Waals surface area contributed by atoms with E-state index in [1.165, 1.54) is 7.05 Å². The van der Waals surface area contributed by atoms with Gasteiger partial charge in [-0.25, -0.2) is 13.1 Å². The van der Waals surface area contributed by atoms with Crippen molar-refractivity contribution in [3.8, 4) is 0 Å². The molecule has 0 fully saturated rings. The fourth-order valence-corrected chi connectivity index (χ4v) is 1.94. The molecule has 80 valence electrons. The molecule has 0 bridgehead atoms. The average Bonchev–Trinajstić information content (AvgIpc) is 2.21. The van der Waals surface area contributed by atoms with Gasteiger partial charge in [0.15, 0.2) is 0 Å². The van der Waals surface area contributed by atoms with Gasteiger partial charge in [0, 0.05) is 0 Å². The maximum Gasteiger partial charge on any atom is 0.240 e. The summed E-state index contributed by atoms with van der Waals surface area (Å²) in [5.74, 6) is 0. The molecule has 1 aromatic carbocycles. The predicted octanol–water partition coefficient (Wildman–Crippen LogP) is 1.93. The molecule has 14 heavy (non-hydrogen) atoms. The molecule has 0 saturated heterocycles. The molecule has 0 atom stereocenters. The molecule has 0 aromatic heterocycles. The second-order valence-electron chi connectivity index (χ2n) is 2.47. The van der Waals surface area contributed by atoms with Crippen LogP contribution in [0.3, 0.4) is 0 Å². The Kier molecular flexibility index (Phi) is 5.42. The topological polar surface area (TPSA) is 46.2 Å². The Labute approximate surface area is 86.2 Å². The second-order valence-corrected chi connectivity index (χ2v) is 4.33. The lowest BCUT2D eigenvalue weighted by Gasteiger charge is -2.04. The minimum Gasteiger partial charge on any atom is -0.214 e. The van der Waals surface area contributed by atoms with Crippen LogP contribution < -0.4 is 4.72 Å². The van der Waals surface area contributed by atoms with Crippen LogP contribution in [0.15, 0.2) is 29.2 Å². The maximum atomic E-state index is 11.3. The van der Waals surface area contributed by atoms with Gasteiger partial charge in [0.05, 0.1) is 4.90 Å².